The molecule has 0 atom stereocenters. The van der Waals surface area contributed by atoms with Gasteiger partial charge in [0.1, 0.15) is 17.3 Å². The van der Waals surface area contributed by atoms with Gasteiger partial charge in [-0.3, -0.25) is 0 Å². The fourth-order valence-corrected chi connectivity index (χ4v) is 3.26. The molecule has 0 aliphatic carbocycles. The van der Waals surface area contributed by atoms with Crippen LogP contribution in [0.15, 0.2) is 52.9 Å². The summed E-state index contributed by atoms with van der Waals surface area (Å²) in [6, 6.07) is 15.2. The first-order chi connectivity index (χ1) is 15.8. The molecule has 176 valence electrons. The maximum atomic E-state index is 12.2. The van der Waals surface area contributed by atoms with Gasteiger partial charge in [-0.1, -0.05) is 18.2 Å². The van der Waals surface area contributed by atoms with E-state index >= 15 is 0 Å². The molecule has 0 saturated carbocycles. The van der Waals surface area contributed by atoms with Crippen LogP contribution in [0.3, 0.4) is 0 Å². The molecule has 0 spiro atoms. The Morgan fingerprint density at radius 2 is 1.88 bits per heavy atom. The molecule has 0 aliphatic rings. The molecule has 3 aromatic rings. The van der Waals surface area contributed by atoms with E-state index in [4.69, 9.17) is 23.4 Å². The Morgan fingerprint density at radius 1 is 1.12 bits per heavy atom. The molecule has 0 bridgehead atoms. The van der Waals surface area contributed by atoms with E-state index in [1.54, 1.807) is 40.0 Å². The van der Waals surface area contributed by atoms with Crippen LogP contribution in [0.1, 0.15) is 37.8 Å². The van der Waals surface area contributed by atoms with Crippen molar-refractivity contribution in [2.45, 2.75) is 46.3 Å². The van der Waals surface area contributed by atoms with Crippen molar-refractivity contribution in [1.82, 2.24) is 4.98 Å². The predicted octanol–water partition coefficient (Wildman–Crippen LogP) is 5.14. The second-order valence-electron chi connectivity index (χ2n) is 8.02. The van der Waals surface area contributed by atoms with E-state index in [1.165, 1.54) is 0 Å². The molecule has 0 N–H and O–H groups in total. The number of aryl methyl sites for hydroxylation is 1. The van der Waals surface area contributed by atoms with Crippen LogP contribution < -0.4 is 9.47 Å². The summed E-state index contributed by atoms with van der Waals surface area (Å²) in [5.41, 5.74) is 1.46. The van der Waals surface area contributed by atoms with Crippen LogP contribution in [0.5, 0.6) is 11.5 Å². The first kappa shape index (κ1) is 24.3. The standard InChI is InChI=1S/C26H31NO6/c1-6-30-25(28)26(3,4)33-23-13-12-21(16-20(23)17-29-5)31-15-14-22-18(2)32-24(27-22)19-10-8-7-9-11-19/h7-13,16H,6,14-15,17H2,1-5H3. The van der Waals surface area contributed by atoms with Crippen molar-refractivity contribution < 1.29 is 28.2 Å². The summed E-state index contributed by atoms with van der Waals surface area (Å²) in [7, 11) is 1.60. The molecular formula is C26H31NO6. The number of carbonyl (C=O) groups is 1. The van der Waals surface area contributed by atoms with Crippen LogP contribution in [-0.2, 0) is 27.3 Å². The highest BCUT2D eigenvalue weighted by Gasteiger charge is 2.32. The Labute approximate surface area is 194 Å². The molecule has 2 aromatic carbocycles. The number of benzene rings is 2. The van der Waals surface area contributed by atoms with E-state index in [9.17, 15) is 4.79 Å². The Bertz CT molecular complexity index is 1060. The monoisotopic (exact) mass is 453 g/mol. The number of hydrogen-bond acceptors (Lipinski definition) is 7. The molecular weight excluding hydrogens is 422 g/mol. The molecule has 33 heavy (non-hydrogen) atoms. The third kappa shape index (κ3) is 6.35. The number of hydrogen-bond donors (Lipinski definition) is 0. The zero-order chi connectivity index (χ0) is 23.8. The first-order valence-electron chi connectivity index (χ1n) is 11.0. The molecule has 0 amide bonds. The van der Waals surface area contributed by atoms with Crippen molar-refractivity contribution in [2.24, 2.45) is 0 Å². The van der Waals surface area contributed by atoms with Crippen LogP contribution in [0.4, 0.5) is 0 Å². The largest absolute Gasteiger partial charge is 0.493 e. The van der Waals surface area contributed by atoms with E-state index in [-0.39, 0.29) is 0 Å². The second kappa shape index (κ2) is 11.0. The number of esters is 1. The number of oxazole rings is 1. The Kier molecular flexibility index (Phi) is 8.11. The number of methoxy groups -OCH3 is 1. The normalized spacial score (nSPS) is 11.3. The lowest BCUT2D eigenvalue weighted by Gasteiger charge is -2.25. The van der Waals surface area contributed by atoms with Gasteiger partial charge in [0.05, 0.1) is 25.5 Å². The molecule has 7 heteroatoms. The van der Waals surface area contributed by atoms with Crippen LogP contribution in [0.2, 0.25) is 0 Å². The fourth-order valence-electron chi connectivity index (χ4n) is 3.26. The minimum atomic E-state index is -1.12. The lowest BCUT2D eigenvalue weighted by atomic mass is 10.1. The Hall–Kier alpha value is -3.32. The van der Waals surface area contributed by atoms with Crippen molar-refractivity contribution in [3.63, 3.8) is 0 Å². The number of carbonyl (C=O) groups excluding carboxylic acids is 1. The molecule has 0 saturated heterocycles. The first-order valence-corrected chi connectivity index (χ1v) is 11.0. The molecule has 1 heterocycles. The van der Waals surface area contributed by atoms with Gasteiger partial charge in [0.15, 0.2) is 5.60 Å². The van der Waals surface area contributed by atoms with Crippen molar-refractivity contribution in [2.75, 3.05) is 20.3 Å². The summed E-state index contributed by atoms with van der Waals surface area (Å²) in [6.45, 7) is 8.06. The molecule has 0 unspecified atom stereocenters. The van der Waals surface area contributed by atoms with Gasteiger partial charge in [-0.15, -0.1) is 0 Å². The van der Waals surface area contributed by atoms with Gasteiger partial charge < -0.3 is 23.4 Å². The maximum absolute atomic E-state index is 12.2. The summed E-state index contributed by atoms with van der Waals surface area (Å²) in [4.78, 5) is 16.8. The number of rotatable bonds is 11. The average Bonchev–Trinajstić information content (AvgIpc) is 3.17. The van der Waals surface area contributed by atoms with E-state index in [1.807, 2.05) is 43.3 Å². The maximum Gasteiger partial charge on any atom is 0.349 e. The van der Waals surface area contributed by atoms with Gasteiger partial charge in [-0.25, -0.2) is 9.78 Å². The Morgan fingerprint density at radius 3 is 2.58 bits per heavy atom. The van der Waals surface area contributed by atoms with Crippen LogP contribution >= 0.6 is 0 Å². The van der Waals surface area contributed by atoms with Gasteiger partial charge in [-0.2, -0.15) is 0 Å². The number of nitrogens with zero attached hydrogens (tertiary/aromatic N) is 1. The quantitative estimate of drug-likeness (QED) is 0.372. The third-order valence-electron chi connectivity index (χ3n) is 4.98. The highest BCUT2D eigenvalue weighted by Crippen LogP contribution is 2.29. The minimum absolute atomic E-state index is 0.293. The van der Waals surface area contributed by atoms with Crippen LogP contribution in [0.25, 0.3) is 11.5 Å². The van der Waals surface area contributed by atoms with E-state index < -0.39 is 11.6 Å². The van der Waals surface area contributed by atoms with Gasteiger partial charge in [0.2, 0.25) is 5.89 Å². The van der Waals surface area contributed by atoms with E-state index in [0.29, 0.717) is 43.6 Å². The summed E-state index contributed by atoms with van der Waals surface area (Å²) >= 11 is 0. The summed E-state index contributed by atoms with van der Waals surface area (Å²) in [5, 5.41) is 0. The average molecular weight is 454 g/mol. The molecule has 3 rings (SSSR count). The molecule has 0 radical (unpaired) electrons. The summed E-state index contributed by atoms with van der Waals surface area (Å²) < 4.78 is 28.1. The van der Waals surface area contributed by atoms with Crippen molar-refractivity contribution in [3.8, 4) is 23.0 Å². The molecule has 0 fully saturated rings. The van der Waals surface area contributed by atoms with Crippen molar-refractivity contribution >= 4 is 5.97 Å². The lowest BCUT2D eigenvalue weighted by molar-refractivity contribution is -0.158. The minimum Gasteiger partial charge on any atom is -0.493 e. The molecule has 7 nitrogen and oxygen atoms in total. The highest BCUT2D eigenvalue weighted by molar-refractivity contribution is 5.79. The Balaban J connectivity index is 1.65. The number of ether oxygens (including phenoxy) is 4. The van der Waals surface area contributed by atoms with Crippen molar-refractivity contribution in [1.29, 1.82) is 0 Å². The highest BCUT2D eigenvalue weighted by atomic mass is 16.6. The molecule has 1 aromatic heterocycles. The lowest BCUT2D eigenvalue weighted by Crippen LogP contribution is -2.40. The van der Waals surface area contributed by atoms with Crippen LogP contribution in [0, 0.1) is 6.92 Å². The summed E-state index contributed by atoms with van der Waals surface area (Å²) in [5.74, 6) is 2.18. The van der Waals surface area contributed by atoms with Crippen LogP contribution in [-0.4, -0.2) is 36.9 Å². The van der Waals surface area contributed by atoms with Gasteiger partial charge >= 0.3 is 5.97 Å². The predicted molar refractivity (Wildman–Crippen MR) is 124 cm³/mol. The SMILES string of the molecule is CCOC(=O)C(C)(C)Oc1ccc(OCCc2nc(-c3ccccc3)oc2C)cc1COC. The van der Waals surface area contributed by atoms with E-state index in [2.05, 4.69) is 4.98 Å². The fraction of sp³-hybridized carbons (Fsp3) is 0.385. The van der Waals surface area contributed by atoms with Gasteiger partial charge in [-0.05, 0) is 58.0 Å². The third-order valence-corrected chi connectivity index (χ3v) is 4.98. The summed E-state index contributed by atoms with van der Waals surface area (Å²) in [6.07, 6.45) is 0.607. The topological polar surface area (TPSA) is 80.0 Å². The second-order valence-corrected chi connectivity index (χ2v) is 8.02. The zero-order valence-corrected chi connectivity index (χ0v) is 19.8. The van der Waals surface area contributed by atoms with E-state index in [0.717, 1.165) is 22.6 Å². The zero-order valence-electron chi connectivity index (χ0n) is 19.8. The number of aromatic nitrogens is 1. The van der Waals surface area contributed by atoms with Crippen molar-refractivity contribution in [3.05, 3.63) is 65.5 Å². The molecule has 0 aliphatic heterocycles. The smallest absolute Gasteiger partial charge is 0.349 e. The van der Waals surface area contributed by atoms with Gasteiger partial charge in [0.25, 0.3) is 0 Å². The van der Waals surface area contributed by atoms with Gasteiger partial charge in [0, 0.05) is 24.7 Å².